The average Bonchev–Trinajstić information content (AvgIpc) is 2.07. The second-order valence-electron chi connectivity index (χ2n) is 3.43. The lowest BCUT2D eigenvalue weighted by molar-refractivity contribution is -0.115. The highest BCUT2D eigenvalue weighted by Gasteiger charge is 2.02. The molecular formula is C9H20N2O. The highest BCUT2D eigenvalue weighted by atomic mass is 16.1. The van der Waals surface area contributed by atoms with Gasteiger partial charge < -0.3 is 9.80 Å². The van der Waals surface area contributed by atoms with Crippen LogP contribution in [-0.4, -0.2) is 50.4 Å². The summed E-state index contributed by atoms with van der Waals surface area (Å²) in [6, 6.07) is 0. The maximum atomic E-state index is 9.43. The Morgan fingerprint density at radius 1 is 1.17 bits per heavy atom. The minimum absolute atomic E-state index is 0.750. The molecule has 72 valence electrons. The molecule has 0 aromatic rings. The molecule has 0 aliphatic carbocycles. The minimum atomic E-state index is 0.750. The largest absolute Gasteiger partial charge is 0.351 e. The first-order chi connectivity index (χ1) is 5.66. The van der Waals surface area contributed by atoms with Gasteiger partial charge in [-0.2, -0.15) is 0 Å². The van der Waals surface area contributed by atoms with Crippen molar-refractivity contribution in [3.63, 3.8) is 0 Å². The molecule has 1 heterocycles. The molecule has 1 aliphatic rings. The molecule has 0 atom stereocenters. The summed E-state index contributed by atoms with van der Waals surface area (Å²) in [6.07, 6.45) is 5.03. The van der Waals surface area contributed by atoms with Crippen LogP contribution in [0.4, 0.5) is 0 Å². The van der Waals surface area contributed by atoms with E-state index in [1.54, 1.807) is 14.1 Å². The van der Waals surface area contributed by atoms with Crippen molar-refractivity contribution in [2.24, 2.45) is 0 Å². The number of carbonyl (C=O) groups excluding carboxylic acids is 1. The number of nitrogens with zero attached hydrogens (tertiary/aromatic N) is 2. The fraction of sp³-hybridized carbons (Fsp3) is 0.889. The topological polar surface area (TPSA) is 23.6 Å². The first-order valence-corrected chi connectivity index (χ1v) is 4.47. The number of rotatable bonds is 1. The lowest BCUT2D eigenvalue weighted by Crippen LogP contribution is -2.24. The molecule has 0 spiro atoms. The Hall–Kier alpha value is -0.570. The molecule has 0 aromatic heterocycles. The van der Waals surface area contributed by atoms with Crippen LogP contribution in [0.2, 0.25) is 0 Å². The Morgan fingerprint density at radius 3 is 1.75 bits per heavy atom. The zero-order valence-electron chi connectivity index (χ0n) is 8.42. The summed E-state index contributed by atoms with van der Waals surface area (Å²) >= 11 is 0. The smallest absolute Gasteiger partial charge is 0.209 e. The summed E-state index contributed by atoms with van der Waals surface area (Å²) < 4.78 is 0. The van der Waals surface area contributed by atoms with E-state index in [9.17, 15) is 4.79 Å². The van der Waals surface area contributed by atoms with Gasteiger partial charge in [-0.15, -0.1) is 0 Å². The van der Waals surface area contributed by atoms with Crippen LogP contribution in [0.25, 0.3) is 0 Å². The number of likely N-dealkylation sites (tertiary alicyclic amines) is 1. The normalized spacial score (nSPS) is 17.6. The minimum Gasteiger partial charge on any atom is -0.351 e. The Kier molecular flexibility index (Phi) is 6.76. The van der Waals surface area contributed by atoms with Crippen molar-refractivity contribution in [2.45, 2.75) is 19.3 Å². The van der Waals surface area contributed by atoms with Crippen LogP contribution in [-0.2, 0) is 4.79 Å². The van der Waals surface area contributed by atoms with Gasteiger partial charge in [0.15, 0.2) is 0 Å². The summed E-state index contributed by atoms with van der Waals surface area (Å²) in [5.41, 5.74) is 0. The third-order valence-corrected chi connectivity index (χ3v) is 1.79. The third-order valence-electron chi connectivity index (χ3n) is 1.79. The molecule has 1 saturated heterocycles. The van der Waals surface area contributed by atoms with Crippen LogP contribution >= 0.6 is 0 Å². The summed E-state index contributed by atoms with van der Waals surface area (Å²) in [7, 11) is 5.57. The van der Waals surface area contributed by atoms with E-state index >= 15 is 0 Å². The summed E-state index contributed by atoms with van der Waals surface area (Å²) in [6.45, 7) is 2.64. The number of carbonyl (C=O) groups is 1. The molecule has 1 rings (SSSR count). The third kappa shape index (κ3) is 7.54. The quantitative estimate of drug-likeness (QED) is 0.546. The Labute approximate surface area is 75.3 Å². The van der Waals surface area contributed by atoms with Crippen LogP contribution < -0.4 is 0 Å². The molecule has 3 nitrogen and oxygen atoms in total. The van der Waals surface area contributed by atoms with Crippen molar-refractivity contribution >= 4 is 6.41 Å². The zero-order chi connectivity index (χ0) is 9.40. The van der Waals surface area contributed by atoms with Gasteiger partial charge in [-0.05, 0) is 33.0 Å². The standard InChI is InChI=1S/C6H13N.C3H7NO/c1-7-5-3-2-4-6-7;1-4(2)3-5/h2-6H2,1H3;3H,1-2H3. The van der Waals surface area contributed by atoms with Crippen LogP contribution in [0.1, 0.15) is 19.3 Å². The Balaban J connectivity index is 0.000000217. The maximum Gasteiger partial charge on any atom is 0.209 e. The monoisotopic (exact) mass is 172 g/mol. The molecular weight excluding hydrogens is 152 g/mol. The van der Waals surface area contributed by atoms with Crippen molar-refractivity contribution < 1.29 is 4.79 Å². The lowest BCUT2D eigenvalue weighted by Gasteiger charge is -2.20. The van der Waals surface area contributed by atoms with Crippen molar-refractivity contribution in [3.8, 4) is 0 Å². The van der Waals surface area contributed by atoms with Gasteiger partial charge in [0.1, 0.15) is 0 Å². The molecule has 1 amide bonds. The van der Waals surface area contributed by atoms with Gasteiger partial charge in [-0.3, -0.25) is 4.79 Å². The highest BCUT2D eigenvalue weighted by molar-refractivity contribution is 5.45. The van der Waals surface area contributed by atoms with Crippen molar-refractivity contribution in [1.82, 2.24) is 9.80 Å². The summed E-state index contributed by atoms with van der Waals surface area (Å²) in [4.78, 5) is 13.3. The molecule has 3 heteroatoms. The van der Waals surface area contributed by atoms with E-state index in [0.717, 1.165) is 6.41 Å². The van der Waals surface area contributed by atoms with Gasteiger partial charge in [0.2, 0.25) is 6.41 Å². The number of amides is 1. The predicted molar refractivity (Wildman–Crippen MR) is 51.1 cm³/mol. The van der Waals surface area contributed by atoms with Gasteiger partial charge in [0.25, 0.3) is 0 Å². The van der Waals surface area contributed by atoms with E-state index < -0.39 is 0 Å². The van der Waals surface area contributed by atoms with Gasteiger partial charge in [0, 0.05) is 14.1 Å². The lowest BCUT2D eigenvalue weighted by atomic mass is 10.1. The van der Waals surface area contributed by atoms with Crippen molar-refractivity contribution in [2.75, 3.05) is 34.2 Å². The number of hydrogen-bond acceptors (Lipinski definition) is 2. The Bertz CT molecular complexity index is 109. The molecule has 1 aliphatic heterocycles. The van der Waals surface area contributed by atoms with E-state index in [4.69, 9.17) is 0 Å². The van der Waals surface area contributed by atoms with Crippen LogP contribution in [0.5, 0.6) is 0 Å². The van der Waals surface area contributed by atoms with Gasteiger partial charge in [0.05, 0.1) is 0 Å². The van der Waals surface area contributed by atoms with E-state index in [0.29, 0.717) is 0 Å². The fourth-order valence-corrected chi connectivity index (χ4v) is 1.05. The molecule has 0 radical (unpaired) electrons. The first kappa shape index (κ1) is 11.4. The van der Waals surface area contributed by atoms with Gasteiger partial charge >= 0.3 is 0 Å². The maximum absolute atomic E-state index is 9.43. The van der Waals surface area contributed by atoms with Crippen molar-refractivity contribution in [3.05, 3.63) is 0 Å². The van der Waals surface area contributed by atoms with E-state index in [-0.39, 0.29) is 0 Å². The number of piperidine rings is 1. The van der Waals surface area contributed by atoms with Crippen LogP contribution in [0.3, 0.4) is 0 Å². The molecule has 0 bridgehead atoms. The average molecular weight is 172 g/mol. The molecule has 0 aromatic carbocycles. The highest BCUT2D eigenvalue weighted by Crippen LogP contribution is 2.04. The molecule has 0 saturated carbocycles. The summed E-state index contributed by atoms with van der Waals surface area (Å²) in [5.74, 6) is 0. The van der Waals surface area contributed by atoms with E-state index in [1.807, 2.05) is 0 Å². The van der Waals surface area contributed by atoms with Crippen LogP contribution in [0.15, 0.2) is 0 Å². The Morgan fingerprint density at radius 2 is 1.58 bits per heavy atom. The predicted octanol–water partition coefficient (Wildman–Crippen LogP) is 0.806. The molecule has 12 heavy (non-hydrogen) atoms. The second-order valence-corrected chi connectivity index (χ2v) is 3.43. The summed E-state index contributed by atoms with van der Waals surface area (Å²) in [5, 5.41) is 0. The molecule has 0 unspecified atom stereocenters. The van der Waals surface area contributed by atoms with E-state index in [1.165, 1.54) is 37.3 Å². The van der Waals surface area contributed by atoms with Gasteiger partial charge in [-0.25, -0.2) is 0 Å². The first-order valence-electron chi connectivity index (χ1n) is 4.47. The van der Waals surface area contributed by atoms with E-state index in [2.05, 4.69) is 11.9 Å². The van der Waals surface area contributed by atoms with Gasteiger partial charge in [-0.1, -0.05) is 6.42 Å². The van der Waals surface area contributed by atoms with Crippen LogP contribution in [0, 0.1) is 0 Å². The van der Waals surface area contributed by atoms with Crippen molar-refractivity contribution in [1.29, 1.82) is 0 Å². The number of hydrogen-bond donors (Lipinski definition) is 0. The fourth-order valence-electron chi connectivity index (χ4n) is 1.05. The zero-order valence-corrected chi connectivity index (χ0v) is 8.42. The SMILES string of the molecule is CN(C)C=O.CN1CCCCC1. The molecule has 1 fully saturated rings. The second kappa shape index (κ2) is 7.10. The molecule has 0 N–H and O–H groups in total.